The molecule has 0 saturated carbocycles. The maximum absolute atomic E-state index is 13.0. The second-order valence-corrected chi connectivity index (χ2v) is 7.66. The number of aromatic nitrogens is 3. The molecular weight excluding hydrogens is 364 g/mol. The van der Waals surface area contributed by atoms with Crippen LogP contribution in [0.5, 0.6) is 5.75 Å². The van der Waals surface area contributed by atoms with Crippen molar-refractivity contribution < 1.29 is 14.1 Å². The first kappa shape index (κ1) is 17.7. The third kappa shape index (κ3) is 3.21. The molecule has 1 aromatic carbocycles. The summed E-state index contributed by atoms with van der Waals surface area (Å²) in [6.45, 7) is 4.45. The van der Waals surface area contributed by atoms with Gasteiger partial charge in [-0.1, -0.05) is 17.3 Å². The number of carbonyl (C=O) groups excluding carboxylic acids is 1. The average molecular weight is 384 g/mol. The number of nitrogens with zero attached hydrogens (tertiary/aromatic N) is 4. The van der Waals surface area contributed by atoms with Gasteiger partial charge in [0.2, 0.25) is 11.7 Å². The summed E-state index contributed by atoms with van der Waals surface area (Å²) in [5.41, 5.74) is 1.54. The zero-order chi connectivity index (χ0) is 19.0. The summed E-state index contributed by atoms with van der Waals surface area (Å²) in [4.78, 5) is 24.5. The zero-order valence-corrected chi connectivity index (χ0v) is 16.2. The van der Waals surface area contributed by atoms with E-state index < -0.39 is 0 Å². The van der Waals surface area contributed by atoms with Crippen LogP contribution in [0.4, 0.5) is 0 Å². The van der Waals surface area contributed by atoms with Crippen molar-refractivity contribution in [1.29, 1.82) is 0 Å². The Kier molecular flexibility index (Phi) is 4.65. The Balaban J connectivity index is 1.62. The van der Waals surface area contributed by atoms with Crippen LogP contribution in [0.25, 0.3) is 11.4 Å². The minimum Gasteiger partial charge on any atom is -0.496 e. The van der Waals surface area contributed by atoms with E-state index in [1.165, 1.54) is 11.3 Å². The van der Waals surface area contributed by atoms with Gasteiger partial charge in [0.25, 0.3) is 5.91 Å². The molecule has 4 rings (SSSR count). The summed E-state index contributed by atoms with van der Waals surface area (Å²) in [6.07, 6.45) is 1.70. The highest BCUT2D eigenvalue weighted by molar-refractivity contribution is 7.13. The second-order valence-electron chi connectivity index (χ2n) is 6.46. The molecule has 0 bridgehead atoms. The molecule has 1 aliphatic heterocycles. The fraction of sp³-hybridized carbons (Fsp3) is 0.368. The number of aryl methyl sites for hydroxylation is 2. The fourth-order valence-electron chi connectivity index (χ4n) is 3.44. The maximum Gasteiger partial charge on any atom is 0.266 e. The number of thiazole rings is 1. The van der Waals surface area contributed by atoms with Gasteiger partial charge < -0.3 is 14.2 Å². The average Bonchev–Trinajstić information content (AvgIpc) is 3.40. The van der Waals surface area contributed by atoms with Crippen LogP contribution in [-0.4, -0.2) is 39.6 Å². The molecule has 27 heavy (non-hydrogen) atoms. The summed E-state index contributed by atoms with van der Waals surface area (Å²) >= 11 is 1.43. The molecule has 3 aromatic rings. The van der Waals surface area contributed by atoms with Crippen molar-refractivity contribution in [3.8, 4) is 17.1 Å². The molecule has 0 radical (unpaired) electrons. The molecule has 1 fully saturated rings. The first-order valence-electron chi connectivity index (χ1n) is 8.80. The largest absolute Gasteiger partial charge is 0.496 e. The van der Waals surface area contributed by atoms with Crippen molar-refractivity contribution in [2.24, 2.45) is 0 Å². The highest BCUT2D eigenvalue weighted by Gasteiger charge is 2.36. The van der Waals surface area contributed by atoms with Gasteiger partial charge in [-0.25, -0.2) is 4.98 Å². The Labute approximate surface area is 161 Å². The lowest BCUT2D eigenvalue weighted by Gasteiger charge is -2.21. The Morgan fingerprint density at radius 1 is 1.30 bits per heavy atom. The van der Waals surface area contributed by atoms with Gasteiger partial charge in [0.1, 0.15) is 16.7 Å². The topological polar surface area (TPSA) is 81.4 Å². The number of benzene rings is 1. The number of hydrogen-bond acceptors (Lipinski definition) is 7. The van der Waals surface area contributed by atoms with Gasteiger partial charge in [0.15, 0.2) is 0 Å². The molecule has 1 amide bonds. The predicted octanol–water partition coefficient (Wildman–Crippen LogP) is 3.80. The van der Waals surface area contributed by atoms with Crippen LogP contribution in [0.2, 0.25) is 0 Å². The van der Waals surface area contributed by atoms with Gasteiger partial charge in [-0.15, -0.1) is 11.3 Å². The molecule has 1 saturated heterocycles. The van der Waals surface area contributed by atoms with E-state index in [2.05, 4.69) is 15.1 Å². The van der Waals surface area contributed by atoms with Crippen LogP contribution in [0.15, 0.2) is 28.8 Å². The van der Waals surface area contributed by atoms with Gasteiger partial charge in [-0.05, 0) is 38.8 Å². The molecule has 8 heteroatoms. The number of hydrogen-bond donors (Lipinski definition) is 0. The summed E-state index contributed by atoms with van der Waals surface area (Å²) in [6, 6.07) is 7.31. The molecule has 140 valence electrons. The predicted molar refractivity (Wildman–Crippen MR) is 101 cm³/mol. The molecule has 3 heterocycles. The second kappa shape index (κ2) is 7.11. The van der Waals surface area contributed by atoms with E-state index in [0.717, 1.165) is 29.1 Å². The van der Waals surface area contributed by atoms with Crippen molar-refractivity contribution in [1.82, 2.24) is 20.0 Å². The summed E-state index contributed by atoms with van der Waals surface area (Å²) in [5, 5.41) is 5.01. The molecule has 1 aliphatic rings. The smallest absolute Gasteiger partial charge is 0.266 e. The van der Waals surface area contributed by atoms with Crippen molar-refractivity contribution in [2.75, 3.05) is 13.7 Å². The number of ether oxygens (including phenoxy) is 1. The molecule has 0 aliphatic carbocycles. The molecule has 1 atom stereocenters. The van der Waals surface area contributed by atoms with Crippen LogP contribution < -0.4 is 4.74 Å². The van der Waals surface area contributed by atoms with E-state index in [0.29, 0.717) is 28.9 Å². The van der Waals surface area contributed by atoms with Gasteiger partial charge in [0, 0.05) is 6.54 Å². The van der Waals surface area contributed by atoms with Gasteiger partial charge >= 0.3 is 0 Å². The van der Waals surface area contributed by atoms with E-state index in [4.69, 9.17) is 9.26 Å². The van der Waals surface area contributed by atoms with E-state index in [9.17, 15) is 4.79 Å². The SMILES string of the molecule is COc1ccccc1-c1noc([C@H]2CCCN2C(=O)c2sc(C)nc2C)n1. The minimum absolute atomic E-state index is 0.0161. The lowest BCUT2D eigenvalue weighted by molar-refractivity contribution is 0.0714. The lowest BCUT2D eigenvalue weighted by Crippen LogP contribution is -2.30. The highest BCUT2D eigenvalue weighted by atomic mass is 32.1. The minimum atomic E-state index is -0.213. The number of rotatable bonds is 4. The maximum atomic E-state index is 13.0. The van der Waals surface area contributed by atoms with Crippen molar-refractivity contribution in [3.05, 3.63) is 45.7 Å². The van der Waals surface area contributed by atoms with Crippen molar-refractivity contribution >= 4 is 17.2 Å². The van der Waals surface area contributed by atoms with Crippen molar-refractivity contribution in [2.45, 2.75) is 32.7 Å². The molecular formula is C19H20N4O3S. The number of likely N-dealkylation sites (tertiary alicyclic amines) is 1. The summed E-state index contributed by atoms with van der Waals surface area (Å²) in [7, 11) is 1.61. The van der Waals surface area contributed by atoms with E-state index in [1.807, 2.05) is 43.0 Å². The Hall–Kier alpha value is -2.74. The van der Waals surface area contributed by atoms with Gasteiger partial charge in [0.05, 0.1) is 23.4 Å². The monoisotopic (exact) mass is 384 g/mol. The Morgan fingerprint density at radius 2 is 2.11 bits per heavy atom. The third-order valence-electron chi connectivity index (χ3n) is 4.69. The van der Waals surface area contributed by atoms with Crippen LogP contribution >= 0.6 is 11.3 Å². The quantitative estimate of drug-likeness (QED) is 0.681. The summed E-state index contributed by atoms with van der Waals surface area (Å²) in [5.74, 6) is 1.59. The molecule has 0 spiro atoms. The van der Waals surface area contributed by atoms with Crippen molar-refractivity contribution in [3.63, 3.8) is 0 Å². The van der Waals surface area contributed by atoms with Gasteiger partial charge in [-0.2, -0.15) is 4.98 Å². The van der Waals surface area contributed by atoms with E-state index in [-0.39, 0.29) is 11.9 Å². The van der Waals surface area contributed by atoms with Crippen LogP contribution in [0, 0.1) is 13.8 Å². The third-order valence-corrected chi connectivity index (χ3v) is 5.75. The Bertz CT molecular complexity index is 981. The molecule has 7 nitrogen and oxygen atoms in total. The van der Waals surface area contributed by atoms with E-state index >= 15 is 0 Å². The normalized spacial score (nSPS) is 16.7. The zero-order valence-electron chi connectivity index (χ0n) is 15.4. The molecule has 0 N–H and O–H groups in total. The fourth-order valence-corrected chi connectivity index (χ4v) is 4.31. The number of amides is 1. The van der Waals surface area contributed by atoms with E-state index in [1.54, 1.807) is 7.11 Å². The summed E-state index contributed by atoms with van der Waals surface area (Å²) < 4.78 is 10.9. The van der Waals surface area contributed by atoms with Crippen LogP contribution in [0.3, 0.4) is 0 Å². The number of methoxy groups -OCH3 is 1. The van der Waals surface area contributed by atoms with Crippen LogP contribution in [-0.2, 0) is 0 Å². The Morgan fingerprint density at radius 3 is 2.85 bits per heavy atom. The molecule has 0 unspecified atom stereocenters. The number of para-hydroxylation sites is 1. The standard InChI is InChI=1S/C19H20N4O3S/c1-11-16(27-12(2)20-11)19(24)23-10-6-8-14(23)18-21-17(22-26-18)13-7-4-5-9-15(13)25-3/h4-5,7,9,14H,6,8,10H2,1-3H3/t14-/m1/s1. The first-order valence-corrected chi connectivity index (χ1v) is 9.62. The highest BCUT2D eigenvalue weighted by Crippen LogP contribution is 2.35. The molecule has 2 aromatic heterocycles. The number of carbonyl (C=O) groups is 1. The van der Waals surface area contributed by atoms with Crippen LogP contribution in [0.1, 0.15) is 45.1 Å². The van der Waals surface area contributed by atoms with Gasteiger partial charge in [-0.3, -0.25) is 4.79 Å². The lowest BCUT2D eigenvalue weighted by atomic mass is 10.2. The first-order chi connectivity index (χ1) is 13.1.